The normalized spacial score (nSPS) is 10.8. The molecule has 7 heteroatoms. The molecule has 0 fully saturated rings. The fourth-order valence-electron chi connectivity index (χ4n) is 0.532. The van der Waals surface area contributed by atoms with Crippen LogP contribution in [0.15, 0.2) is 0 Å². The van der Waals surface area contributed by atoms with E-state index in [0.29, 0.717) is 0 Å². The minimum atomic E-state index is -1.72. The summed E-state index contributed by atoms with van der Waals surface area (Å²) in [4.78, 5) is 30.5. The van der Waals surface area contributed by atoms with E-state index in [1.54, 1.807) is 0 Å². The third-order valence-corrected chi connectivity index (χ3v) is 1.07. The number of ether oxygens (including phenoxy) is 1. The van der Waals surface area contributed by atoms with E-state index in [0.717, 1.165) is 0 Å². The molecule has 0 aromatic heterocycles. The summed E-state index contributed by atoms with van der Waals surface area (Å²) in [6.45, 7) is 1.28. The summed E-state index contributed by atoms with van der Waals surface area (Å²) in [7, 11) is 0. The molecule has 0 radical (unpaired) electrons. The maximum Gasteiger partial charge on any atom is 0.513 e. The molecule has 13 heavy (non-hydrogen) atoms. The van der Waals surface area contributed by atoms with Crippen LogP contribution in [0.5, 0.6) is 0 Å². The van der Waals surface area contributed by atoms with Crippen LogP contribution in [0.4, 0.5) is 4.79 Å². The molecule has 1 atom stereocenters. The van der Waals surface area contributed by atoms with Gasteiger partial charge in [-0.1, -0.05) is 6.92 Å². The second-order valence-electron chi connectivity index (χ2n) is 2.19. The van der Waals surface area contributed by atoms with Crippen molar-refractivity contribution in [2.75, 3.05) is 0 Å². The van der Waals surface area contributed by atoms with Gasteiger partial charge in [0.1, 0.15) is 0 Å². The largest absolute Gasteiger partial charge is 0.513 e. The van der Waals surface area contributed by atoms with Crippen molar-refractivity contribution in [2.24, 2.45) is 5.92 Å². The molecule has 0 aliphatic carbocycles. The fraction of sp³-hybridized carbons (Fsp3) is 0.500. The third-order valence-electron chi connectivity index (χ3n) is 1.07. The number of aliphatic carboxylic acids is 1. The van der Waals surface area contributed by atoms with Gasteiger partial charge in [-0.15, -0.1) is 0 Å². The summed E-state index contributed by atoms with van der Waals surface area (Å²) < 4.78 is 3.73. The maximum absolute atomic E-state index is 10.6. The van der Waals surface area contributed by atoms with E-state index in [1.165, 1.54) is 6.92 Å². The van der Waals surface area contributed by atoms with E-state index in [-0.39, 0.29) is 19.5 Å². The van der Waals surface area contributed by atoms with Crippen molar-refractivity contribution in [3.05, 3.63) is 0 Å². The summed E-state index contributed by atoms with van der Waals surface area (Å²) >= 11 is 0. The molecule has 0 amide bonds. The van der Waals surface area contributed by atoms with Gasteiger partial charge in [-0.25, -0.2) is 4.79 Å². The van der Waals surface area contributed by atoms with Gasteiger partial charge < -0.3 is 14.9 Å². The molecule has 0 saturated heterocycles. The molecule has 70 valence electrons. The van der Waals surface area contributed by atoms with Crippen LogP contribution in [0.25, 0.3) is 0 Å². The van der Waals surface area contributed by atoms with Crippen molar-refractivity contribution < 1.29 is 48.8 Å². The molecule has 0 aliphatic heterocycles. The Morgan fingerprint density at radius 2 is 1.77 bits per heavy atom. The van der Waals surface area contributed by atoms with E-state index < -0.39 is 30.4 Å². The Bertz CT molecular complexity index is 213. The second-order valence-corrected chi connectivity index (χ2v) is 2.19. The predicted molar refractivity (Wildman–Crippen MR) is 35.5 cm³/mol. The monoisotopic (exact) mass is 240 g/mol. The molecule has 1 unspecified atom stereocenters. The number of carboxylic acid groups (broad SMARTS) is 2. The van der Waals surface area contributed by atoms with Crippen LogP contribution in [0.1, 0.15) is 13.3 Å². The Hall–Kier alpha value is -0.967. The zero-order chi connectivity index (χ0) is 9.72. The van der Waals surface area contributed by atoms with Crippen LogP contribution in [0.2, 0.25) is 0 Å². The molecule has 0 rings (SSSR count). The van der Waals surface area contributed by atoms with Crippen molar-refractivity contribution >= 4 is 18.1 Å². The number of carboxylic acids is 1. The summed E-state index contributed by atoms with van der Waals surface area (Å²) in [6, 6.07) is 0. The predicted octanol–water partition coefficient (Wildman–Crippen LogP) is 0.316. The van der Waals surface area contributed by atoms with Crippen LogP contribution in [-0.2, 0) is 33.8 Å². The first kappa shape index (κ1) is 14.6. The van der Waals surface area contributed by atoms with E-state index >= 15 is 0 Å². The first-order valence-electron chi connectivity index (χ1n) is 3.10. The number of hydrogen-bond donors (Lipinski definition) is 2. The van der Waals surface area contributed by atoms with Gasteiger partial charge in [0.25, 0.3) is 0 Å². The molecular formula is C6H8O6Zn. The fourth-order valence-corrected chi connectivity index (χ4v) is 0.532. The number of carbonyl (C=O) groups is 3. The van der Waals surface area contributed by atoms with E-state index in [1.807, 2.05) is 0 Å². The van der Waals surface area contributed by atoms with Gasteiger partial charge in [0, 0.05) is 19.5 Å². The summed E-state index contributed by atoms with van der Waals surface area (Å²) in [5.74, 6) is -3.17. The minimum Gasteiger partial charge on any atom is -0.481 e. The van der Waals surface area contributed by atoms with Crippen molar-refractivity contribution in [3.63, 3.8) is 0 Å². The molecule has 0 saturated carbocycles. The van der Waals surface area contributed by atoms with Crippen molar-refractivity contribution in [2.45, 2.75) is 13.3 Å². The molecule has 0 aromatic carbocycles. The molecule has 0 heterocycles. The van der Waals surface area contributed by atoms with Gasteiger partial charge in [0.2, 0.25) is 0 Å². The molecule has 0 aromatic rings. The van der Waals surface area contributed by atoms with Gasteiger partial charge in [-0.3, -0.25) is 9.59 Å². The standard InChI is InChI=1S/C6H8O6.Zn/c1-3(2-4(7)8)5(9)12-6(10)11;/h3H,2H2,1H3,(H,7,8)(H,10,11);. The number of rotatable bonds is 3. The minimum absolute atomic E-state index is 0. The van der Waals surface area contributed by atoms with Gasteiger partial charge >= 0.3 is 18.1 Å². The van der Waals surface area contributed by atoms with Crippen molar-refractivity contribution in [1.82, 2.24) is 0 Å². The number of hydrogen-bond acceptors (Lipinski definition) is 4. The molecule has 2 N–H and O–H groups in total. The Morgan fingerprint density at radius 3 is 2.08 bits per heavy atom. The SMILES string of the molecule is CC(CC(=O)O)C(=O)OC(=O)O.[Zn]. The van der Waals surface area contributed by atoms with Gasteiger partial charge in [0.05, 0.1) is 12.3 Å². The number of esters is 1. The van der Waals surface area contributed by atoms with Crippen LogP contribution in [-0.4, -0.2) is 28.3 Å². The van der Waals surface area contributed by atoms with Crippen molar-refractivity contribution in [3.8, 4) is 0 Å². The van der Waals surface area contributed by atoms with Crippen LogP contribution in [0.3, 0.4) is 0 Å². The Labute approximate surface area is 86.6 Å². The van der Waals surface area contributed by atoms with Gasteiger partial charge in [0.15, 0.2) is 0 Å². The average Bonchev–Trinajstić information content (AvgIpc) is 1.84. The Kier molecular flexibility index (Phi) is 7.32. The molecular weight excluding hydrogens is 233 g/mol. The second kappa shape index (κ2) is 6.54. The molecule has 0 aliphatic rings. The first-order chi connectivity index (χ1) is 5.43. The van der Waals surface area contributed by atoms with Crippen LogP contribution < -0.4 is 0 Å². The zero-order valence-corrected chi connectivity index (χ0v) is 9.99. The maximum atomic E-state index is 10.6. The van der Waals surface area contributed by atoms with Gasteiger partial charge in [-0.05, 0) is 0 Å². The van der Waals surface area contributed by atoms with Gasteiger partial charge in [-0.2, -0.15) is 0 Å². The summed E-state index contributed by atoms with van der Waals surface area (Å²) in [5.41, 5.74) is 0. The first-order valence-corrected chi connectivity index (χ1v) is 3.10. The van der Waals surface area contributed by atoms with E-state index in [9.17, 15) is 14.4 Å². The average molecular weight is 242 g/mol. The smallest absolute Gasteiger partial charge is 0.481 e. The Balaban J connectivity index is 0. The topological polar surface area (TPSA) is 101 Å². The molecule has 0 spiro atoms. The van der Waals surface area contributed by atoms with Crippen LogP contribution >= 0.6 is 0 Å². The third kappa shape index (κ3) is 7.40. The van der Waals surface area contributed by atoms with E-state index in [4.69, 9.17) is 10.2 Å². The van der Waals surface area contributed by atoms with Crippen molar-refractivity contribution in [1.29, 1.82) is 0 Å². The molecule has 0 bridgehead atoms. The summed E-state index contributed by atoms with van der Waals surface area (Å²) in [6.07, 6.45) is -2.16. The zero-order valence-electron chi connectivity index (χ0n) is 7.02. The Morgan fingerprint density at radius 1 is 1.31 bits per heavy atom. The van der Waals surface area contributed by atoms with E-state index in [2.05, 4.69) is 4.74 Å². The molecule has 6 nitrogen and oxygen atoms in total. The quantitative estimate of drug-likeness (QED) is 0.419. The summed E-state index contributed by atoms with van der Waals surface area (Å²) in [5, 5.41) is 16.2. The number of carbonyl (C=O) groups excluding carboxylic acids is 1. The van der Waals surface area contributed by atoms with Crippen LogP contribution in [0, 0.1) is 5.92 Å².